The molecule has 0 aliphatic heterocycles. The molecule has 1 N–H and O–H groups in total. The normalized spacial score (nSPS) is 11.9. The Hall–Kier alpha value is -0.950. The molecular weight excluding hydrogens is 230 g/mol. The van der Waals surface area contributed by atoms with Crippen LogP contribution >= 0.6 is 0 Å². The van der Waals surface area contributed by atoms with Crippen molar-refractivity contribution in [2.24, 2.45) is 0 Å². The highest BCUT2D eigenvalue weighted by molar-refractivity contribution is 7.90. The zero-order chi connectivity index (χ0) is 12.0. The molecule has 0 radical (unpaired) electrons. The number of hydrogen-bond acceptors (Lipinski definition) is 5. The van der Waals surface area contributed by atoms with E-state index in [0.29, 0.717) is 25.8 Å². The Kier molecular flexibility index (Phi) is 4.88. The van der Waals surface area contributed by atoms with Crippen LogP contribution in [0, 0.1) is 0 Å². The van der Waals surface area contributed by atoms with Gasteiger partial charge in [0.2, 0.25) is 0 Å². The van der Waals surface area contributed by atoms with Crippen molar-refractivity contribution < 1.29 is 13.5 Å². The maximum atomic E-state index is 10.9. The van der Waals surface area contributed by atoms with Crippen LogP contribution in [0.1, 0.15) is 18.5 Å². The average Bonchev–Trinajstić information content (AvgIpc) is 2.61. The Morgan fingerprint density at radius 3 is 2.81 bits per heavy atom. The van der Waals surface area contributed by atoms with Crippen LogP contribution in [-0.4, -0.2) is 47.1 Å². The minimum absolute atomic E-state index is 0.140. The molecule has 1 heterocycles. The number of aliphatic hydroxyl groups is 1. The molecule has 0 saturated carbocycles. The highest BCUT2D eigenvalue weighted by Gasteiger charge is 2.04. The van der Waals surface area contributed by atoms with E-state index in [1.807, 2.05) is 0 Å². The molecule has 1 rings (SSSR count). The van der Waals surface area contributed by atoms with Gasteiger partial charge in [-0.3, -0.25) is 4.68 Å². The monoisotopic (exact) mass is 247 g/mol. The molecule has 0 amide bonds. The first-order valence-corrected chi connectivity index (χ1v) is 7.25. The second-order valence-corrected chi connectivity index (χ2v) is 6.04. The summed E-state index contributed by atoms with van der Waals surface area (Å²) in [5, 5.41) is 16.4. The highest BCUT2D eigenvalue weighted by Crippen LogP contribution is 1.99. The van der Waals surface area contributed by atoms with E-state index < -0.39 is 9.84 Å². The van der Waals surface area contributed by atoms with Crippen molar-refractivity contribution in [2.75, 3.05) is 18.6 Å². The minimum Gasteiger partial charge on any atom is -0.396 e. The lowest BCUT2D eigenvalue weighted by atomic mass is 10.3. The Morgan fingerprint density at radius 1 is 1.44 bits per heavy atom. The fourth-order valence-electron chi connectivity index (χ4n) is 1.31. The maximum absolute atomic E-state index is 10.9. The fraction of sp³-hybridized carbons (Fsp3) is 0.778. The van der Waals surface area contributed by atoms with Gasteiger partial charge in [-0.05, 0) is 19.3 Å². The van der Waals surface area contributed by atoms with E-state index in [1.54, 1.807) is 10.9 Å². The number of hydrogen-bond donors (Lipinski definition) is 1. The summed E-state index contributed by atoms with van der Waals surface area (Å²) in [5.41, 5.74) is 0.827. The smallest absolute Gasteiger partial charge is 0.147 e. The van der Waals surface area contributed by atoms with Crippen LogP contribution in [0.2, 0.25) is 0 Å². The van der Waals surface area contributed by atoms with E-state index in [1.165, 1.54) is 6.26 Å². The third kappa shape index (κ3) is 5.22. The van der Waals surface area contributed by atoms with Crippen molar-refractivity contribution in [1.82, 2.24) is 15.0 Å². The molecule has 0 bridgehead atoms. The second kappa shape index (κ2) is 5.95. The average molecular weight is 247 g/mol. The van der Waals surface area contributed by atoms with E-state index in [2.05, 4.69) is 10.3 Å². The quantitative estimate of drug-likeness (QED) is 0.711. The number of aromatic nitrogens is 3. The second-order valence-electron chi connectivity index (χ2n) is 3.78. The third-order valence-electron chi connectivity index (χ3n) is 2.08. The Labute approximate surface area is 95.2 Å². The van der Waals surface area contributed by atoms with Gasteiger partial charge in [-0.25, -0.2) is 8.42 Å². The predicted octanol–water partition coefficient (Wildman–Crippen LogP) is -0.362. The van der Waals surface area contributed by atoms with Crippen LogP contribution in [0.15, 0.2) is 6.20 Å². The number of nitrogens with zero attached hydrogens (tertiary/aromatic N) is 3. The molecule has 1 aromatic heterocycles. The van der Waals surface area contributed by atoms with E-state index in [4.69, 9.17) is 5.11 Å². The summed E-state index contributed by atoms with van der Waals surface area (Å²) in [4.78, 5) is 0. The Balaban J connectivity index is 2.35. The number of rotatable bonds is 7. The van der Waals surface area contributed by atoms with E-state index in [-0.39, 0.29) is 12.4 Å². The zero-order valence-corrected chi connectivity index (χ0v) is 10.2. The van der Waals surface area contributed by atoms with Gasteiger partial charge in [0.05, 0.1) is 11.4 Å². The lowest BCUT2D eigenvalue weighted by Gasteiger charge is -1.98. The molecule has 0 aromatic carbocycles. The van der Waals surface area contributed by atoms with Gasteiger partial charge in [-0.2, -0.15) is 0 Å². The van der Waals surface area contributed by atoms with Crippen molar-refractivity contribution in [3.8, 4) is 0 Å². The summed E-state index contributed by atoms with van der Waals surface area (Å²) in [6.07, 6.45) is 4.92. The largest absolute Gasteiger partial charge is 0.396 e. The lowest BCUT2D eigenvalue weighted by molar-refractivity contribution is 0.288. The van der Waals surface area contributed by atoms with Crippen LogP contribution < -0.4 is 0 Å². The lowest BCUT2D eigenvalue weighted by Crippen LogP contribution is -2.07. The van der Waals surface area contributed by atoms with Gasteiger partial charge in [0.25, 0.3) is 0 Å². The summed E-state index contributed by atoms with van der Waals surface area (Å²) >= 11 is 0. The molecular formula is C9H17N3O3S. The molecule has 0 atom stereocenters. The first-order chi connectivity index (χ1) is 7.51. The topological polar surface area (TPSA) is 85.1 Å². The number of aryl methyl sites for hydroxylation is 2. The standard InChI is InChI=1S/C9H17N3O3S/c1-16(14,15)7-3-5-12-8-9(10-11-12)4-2-6-13/h8,13H,2-7H2,1H3. The van der Waals surface area contributed by atoms with Crippen molar-refractivity contribution in [2.45, 2.75) is 25.8 Å². The SMILES string of the molecule is CS(=O)(=O)CCCn1cc(CCCO)nn1. The van der Waals surface area contributed by atoms with Crippen LogP contribution in [0.4, 0.5) is 0 Å². The van der Waals surface area contributed by atoms with Gasteiger partial charge in [-0.1, -0.05) is 5.21 Å². The van der Waals surface area contributed by atoms with Gasteiger partial charge < -0.3 is 5.11 Å². The Bertz CT molecular complexity index is 413. The molecule has 0 unspecified atom stereocenters. The predicted molar refractivity (Wildman–Crippen MR) is 59.8 cm³/mol. The minimum atomic E-state index is -2.90. The first-order valence-electron chi connectivity index (χ1n) is 5.19. The molecule has 0 spiro atoms. The van der Waals surface area contributed by atoms with Crippen LogP contribution in [-0.2, 0) is 22.8 Å². The van der Waals surface area contributed by atoms with Crippen LogP contribution in [0.25, 0.3) is 0 Å². The van der Waals surface area contributed by atoms with Gasteiger partial charge >= 0.3 is 0 Å². The van der Waals surface area contributed by atoms with Crippen LogP contribution in [0.5, 0.6) is 0 Å². The van der Waals surface area contributed by atoms with Crippen LogP contribution in [0.3, 0.4) is 0 Å². The molecule has 0 aliphatic rings. The first kappa shape index (κ1) is 13.1. The van der Waals surface area contributed by atoms with Crippen molar-refractivity contribution in [1.29, 1.82) is 0 Å². The van der Waals surface area contributed by atoms with Gasteiger partial charge in [0, 0.05) is 25.6 Å². The molecule has 16 heavy (non-hydrogen) atoms. The molecule has 7 heteroatoms. The number of aliphatic hydroxyl groups excluding tert-OH is 1. The zero-order valence-electron chi connectivity index (χ0n) is 9.33. The molecule has 0 saturated heterocycles. The summed E-state index contributed by atoms with van der Waals surface area (Å²) in [7, 11) is -2.90. The molecule has 0 aliphatic carbocycles. The molecule has 1 aromatic rings. The fourth-order valence-corrected chi connectivity index (χ4v) is 1.96. The number of sulfone groups is 1. The molecule has 92 valence electrons. The highest BCUT2D eigenvalue weighted by atomic mass is 32.2. The van der Waals surface area contributed by atoms with E-state index >= 15 is 0 Å². The van der Waals surface area contributed by atoms with E-state index in [9.17, 15) is 8.42 Å². The third-order valence-corrected chi connectivity index (χ3v) is 3.11. The molecule has 6 nitrogen and oxygen atoms in total. The summed E-state index contributed by atoms with van der Waals surface area (Å²) in [5.74, 6) is 0.166. The summed E-state index contributed by atoms with van der Waals surface area (Å²) in [6, 6.07) is 0. The maximum Gasteiger partial charge on any atom is 0.147 e. The van der Waals surface area contributed by atoms with Gasteiger partial charge in [-0.15, -0.1) is 5.10 Å². The van der Waals surface area contributed by atoms with E-state index in [0.717, 1.165) is 5.69 Å². The molecule has 0 fully saturated rings. The Morgan fingerprint density at radius 2 is 2.19 bits per heavy atom. The van der Waals surface area contributed by atoms with Crippen molar-refractivity contribution >= 4 is 9.84 Å². The van der Waals surface area contributed by atoms with Gasteiger partial charge in [0.15, 0.2) is 0 Å². The summed E-state index contributed by atoms with van der Waals surface area (Å²) < 4.78 is 23.4. The van der Waals surface area contributed by atoms with Gasteiger partial charge in [0.1, 0.15) is 9.84 Å². The van der Waals surface area contributed by atoms with Crippen molar-refractivity contribution in [3.05, 3.63) is 11.9 Å². The summed E-state index contributed by atoms with van der Waals surface area (Å²) in [6.45, 7) is 0.695. The van der Waals surface area contributed by atoms with Crippen molar-refractivity contribution in [3.63, 3.8) is 0 Å².